The lowest BCUT2D eigenvalue weighted by molar-refractivity contribution is -0.177. The third-order valence-electron chi connectivity index (χ3n) is 5.02. The Kier molecular flexibility index (Phi) is 8.39. The fraction of sp³-hybridized carbons (Fsp3) is 0.636. The highest BCUT2D eigenvalue weighted by molar-refractivity contribution is 5.73. The molecule has 12 nitrogen and oxygen atoms in total. The minimum Gasteiger partial charge on any atom is -0.463 e. The SMILES string of the molecule is CC(C)C(=O)OC[C@H]1O[C@@](C#N)(n2ccc(N)nc2=O)[C@@H](OC(=O)C(C)C)C1OC(=O)C(C)C. The first-order valence-corrected chi connectivity index (χ1v) is 10.9. The van der Waals surface area contributed by atoms with Gasteiger partial charge in [0.15, 0.2) is 6.10 Å². The normalized spacial score (nSPS) is 24.2. The van der Waals surface area contributed by atoms with Crippen LogP contribution in [0.5, 0.6) is 0 Å². The van der Waals surface area contributed by atoms with E-state index >= 15 is 0 Å². The Hall–Kier alpha value is -3.46. The molecule has 1 aromatic rings. The smallest absolute Gasteiger partial charge is 0.352 e. The molecule has 0 radical (unpaired) electrons. The summed E-state index contributed by atoms with van der Waals surface area (Å²) < 4.78 is 23.1. The summed E-state index contributed by atoms with van der Waals surface area (Å²) in [4.78, 5) is 53.4. The zero-order chi connectivity index (χ0) is 25.8. The number of hydrogen-bond donors (Lipinski definition) is 1. The maximum atomic E-state index is 12.7. The predicted octanol–water partition coefficient (Wildman–Crippen LogP) is 0.735. The molecule has 1 aliphatic rings. The molecule has 1 saturated heterocycles. The van der Waals surface area contributed by atoms with Crippen molar-refractivity contribution in [2.75, 3.05) is 12.3 Å². The summed E-state index contributed by atoms with van der Waals surface area (Å²) in [5, 5.41) is 10.2. The topological polar surface area (TPSA) is 173 Å². The van der Waals surface area contributed by atoms with E-state index in [1.165, 1.54) is 6.07 Å². The van der Waals surface area contributed by atoms with Gasteiger partial charge in [0.25, 0.3) is 5.72 Å². The zero-order valence-corrected chi connectivity index (χ0v) is 20.0. The van der Waals surface area contributed by atoms with E-state index in [2.05, 4.69) is 4.98 Å². The first kappa shape index (κ1) is 26.8. The standard InChI is InChI=1S/C22H30N4O8/c1-11(2)18(27)31-9-14-16(32-19(28)12(3)4)17(33-20(29)13(5)6)22(10-23,34-14)26-8-7-15(24)25-21(26)30/h7-8,11-14,16-17H,9H2,1-6H3,(H2,24,25,30)/t14-,16?,17+,22-/m1/s1. The Morgan fingerprint density at radius 2 is 1.68 bits per heavy atom. The van der Waals surface area contributed by atoms with Crippen molar-refractivity contribution in [3.63, 3.8) is 0 Å². The van der Waals surface area contributed by atoms with E-state index in [-0.39, 0.29) is 5.82 Å². The monoisotopic (exact) mass is 478 g/mol. The molecule has 0 bridgehead atoms. The number of rotatable bonds is 8. The van der Waals surface area contributed by atoms with Crippen LogP contribution >= 0.6 is 0 Å². The summed E-state index contributed by atoms with van der Waals surface area (Å²) in [5.74, 6) is -3.71. The third kappa shape index (κ3) is 5.53. The minimum absolute atomic E-state index is 0.103. The third-order valence-corrected chi connectivity index (χ3v) is 5.02. The zero-order valence-electron chi connectivity index (χ0n) is 20.0. The first-order valence-electron chi connectivity index (χ1n) is 10.9. The molecule has 186 valence electrons. The molecule has 1 aliphatic heterocycles. The molecule has 0 saturated carbocycles. The summed E-state index contributed by atoms with van der Waals surface area (Å²) in [5.41, 5.74) is 2.33. The Morgan fingerprint density at radius 3 is 2.18 bits per heavy atom. The molecule has 1 fully saturated rings. The Morgan fingerprint density at radius 1 is 1.12 bits per heavy atom. The molecule has 2 heterocycles. The van der Waals surface area contributed by atoms with Crippen LogP contribution in [0.4, 0.5) is 5.82 Å². The van der Waals surface area contributed by atoms with Crippen LogP contribution in [0.3, 0.4) is 0 Å². The van der Waals surface area contributed by atoms with Gasteiger partial charge in [0.2, 0.25) is 6.10 Å². The van der Waals surface area contributed by atoms with Gasteiger partial charge in [-0.25, -0.2) is 4.79 Å². The van der Waals surface area contributed by atoms with Crippen LogP contribution in [-0.4, -0.2) is 52.4 Å². The number of nitrogens with zero attached hydrogens (tertiary/aromatic N) is 3. The van der Waals surface area contributed by atoms with E-state index in [1.54, 1.807) is 41.5 Å². The summed E-state index contributed by atoms with van der Waals surface area (Å²) in [6.45, 7) is 9.14. The Balaban J connectivity index is 2.64. The lowest BCUT2D eigenvalue weighted by atomic mass is 10.0. The second kappa shape index (κ2) is 10.6. The lowest BCUT2D eigenvalue weighted by Crippen LogP contribution is -2.52. The molecule has 0 amide bonds. The van der Waals surface area contributed by atoms with Crippen LogP contribution in [0, 0.1) is 29.1 Å². The fourth-order valence-corrected chi connectivity index (χ4v) is 3.07. The van der Waals surface area contributed by atoms with Gasteiger partial charge in [-0.05, 0) is 6.07 Å². The number of anilines is 1. The highest BCUT2D eigenvalue weighted by Crippen LogP contribution is 2.39. The Labute approximate surface area is 196 Å². The van der Waals surface area contributed by atoms with Gasteiger partial charge in [0, 0.05) is 6.20 Å². The van der Waals surface area contributed by atoms with Crippen LogP contribution in [0.25, 0.3) is 0 Å². The molecule has 0 spiro atoms. The Bertz CT molecular complexity index is 1030. The van der Waals surface area contributed by atoms with Gasteiger partial charge in [0.05, 0.1) is 17.8 Å². The van der Waals surface area contributed by atoms with E-state index in [4.69, 9.17) is 24.7 Å². The number of aromatic nitrogens is 2. The second-order valence-corrected chi connectivity index (χ2v) is 8.82. The maximum Gasteiger partial charge on any atom is 0.352 e. The molecule has 1 aromatic heterocycles. The number of ether oxygens (including phenoxy) is 4. The van der Waals surface area contributed by atoms with Crippen LogP contribution in [-0.2, 0) is 39.1 Å². The van der Waals surface area contributed by atoms with Crippen LogP contribution < -0.4 is 11.4 Å². The van der Waals surface area contributed by atoms with Gasteiger partial charge in [-0.1, -0.05) is 41.5 Å². The molecule has 4 atom stereocenters. The number of nitriles is 1. The lowest BCUT2D eigenvalue weighted by Gasteiger charge is -2.30. The first-order chi connectivity index (χ1) is 15.8. The van der Waals surface area contributed by atoms with Gasteiger partial charge >= 0.3 is 23.6 Å². The van der Waals surface area contributed by atoms with Gasteiger partial charge in [-0.2, -0.15) is 10.2 Å². The number of carbonyl (C=O) groups is 3. The molecule has 0 aliphatic carbocycles. The van der Waals surface area contributed by atoms with Gasteiger partial charge < -0.3 is 24.7 Å². The highest BCUT2D eigenvalue weighted by Gasteiger charge is 2.62. The quantitative estimate of drug-likeness (QED) is 0.412. The fourth-order valence-electron chi connectivity index (χ4n) is 3.07. The van der Waals surface area contributed by atoms with Crippen molar-refractivity contribution >= 4 is 23.7 Å². The predicted molar refractivity (Wildman–Crippen MR) is 117 cm³/mol. The minimum atomic E-state index is -2.28. The van der Waals surface area contributed by atoms with Crippen molar-refractivity contribution in [2.45, 2.75) is 65.6 Å². The van der Waals surface area contributed by atoms with Crippen molar-refractivity contribution in [3.8, 4) is 6.07 Å². The van der Waals surface area contributed by atoms with Crippen molar-refractivity contribution < 1.29 is 33.3 Å². The van der Waals surface area contributed by atoms with Gasteiger partial charge in [0.1, 0.15) is 24.6 Å². The van der Waals surface area contributed by atoms with Crippen LogP contribution in [0.15, 0.2) is 17.1 Å². The molecule has 2 N–H and O–H groups in total. The number of hydrogen-bond acceptors (Lipinski definition) is 11. The average molecular weight is 479 g/mol. The number of esters is 3. The number of nitrogens with two attached hydrogens (primary N) is 1. The number of nitrogen functional groups attached to an aromatic ring is 1. The average Bonchev–Trinajstić information content (AvgIpc) is 3.04. The van der Waals surface area contributed by atoms with Crippen LogP contribution in [0.1, 0.15) is 41.5 Å². The summed E-state index contributed by atoms with van der Waals surface area (Å²) in [7, 11) is 0. The largest absolute Gasteiger partial charge is 0.463 e. The molecule has 34 heavy (non-hydrogen) atoms. The number of carbonyl (C=O) groups excluding carboxylic acids is 3. The summed E-state index contributed by atoms with van der Waals surface area (Å²) in [6.07, 6.45) is -3.03. The van der Waals surface area contributed by atoms with Crippen molar-refractivity contribution in [3.05, 3.63) is 22.7 Å². The molecule has 0 aromatic carbocycles. The summed E-state index contributed by atoms with van der Waals surface area (Å²) in [6, 6.07) is 3.13. The van der Waals surface area contributed by atoms with Crippen molar-refractivity contribution in [2.24, 2.45) is 17.8 Å². The maximum absolute atomic E-state index is 12.7. The molecular formula is C22H30N4O8. The van der Waals surface area contributed by atoms with Gasteiger partial charge in [-0.15, -0.1) is 0 Å². The van der Waals surface area contributed by atoms with Gasteiger partial charge in [-0.3, -0.25) is 19.0 Å². The molecule has 12 heteroatoms. The molecule has 1 unspecified atom stereocenters. The van der Waals surface area contributed by atoms with E-state index in [0.717, 1.165) is 10.8 Å². The van der Waals surface area contributed by atoms with E-state index in [1.807, 2.05) is 6.07 Å². The van der Waals surface area contributed by atoms with E-state index in [9.17, 15) is 24.4 Å². The highest BCUT2D eigenvalue weighted by atomic mass is 16.7. The van der Waals surface area contributed by atoms with Crippen molar-refractivity contribution in [1.82, 2.24) is 9.55 Å². The second-order valence-electron chi connectivity index (χ2n) is 8.82. The van der Waals surface area contributed by atoms with E-state index in [0.29, 0.717) is 0 Å². The molecule has 2 rings (SSSR count). The molecular weight excluding hydrogens is 448 g/mol. The van der Waals surface area contributed by atoms with Crippen LogP contribution in [0.2, 0.25) is 0 Å². The van der Waals surface area contributed by atoms with Crippen molar-refractivity contribution in [1.29, 1.82) is 5.26 Å². The van der Waals surface area contributed by atoms with E-state index < -0.39 is 72.0 Å². The summed E-state index contributed by atoms with van der Waals surface area (Å²) >= 11 is 0.